The number of aromatic nitrogens is 2. The maximum atomic E-state index is 6.28. The van der Waals surface area contributed by atoms with E-state index in [-0.39, 0.29) is 5.92 Å². The number of H-pyrrole nitrogens is 1. The molecule has 2 aromatic heterocycles. The lowest BCUT2D eigenvalue weighted by Crippen LogP contribution is -2.38. The number of hydrogen-bond donors (Lipinski definition) is 1. The van der Waals surface area contributed by atoms with Crippen LogP contribution in [0.4, 0.5) is 0 Å². The third-order valence-corrected chi connectivity index (χ3v) is 10.3. The Hall–Kier alpha value is -4.80. The van der Waals surface area contributed by atoms with Gasteiger partial charge < -0.3 is 14.5 Å². The molecule has 0 spiro atoms. The van der Waals surface area contributed by atoms with E-state index in [4.69, 9.17) is 26.1 Å². The molecule has 1 N–H and O–H groups in total. The summed E-state index contributed by atoms with van der Waals surface area (Å²) in [4.78, 5) is 8.39. The van der Waals surface area contributed by atoms with Crippen molar-refractivity contribution in [3.63, 3.8) is 0 Å². The van der Waals surface area contributed by atoms with E-state index in [0.29, 0.717) is 13.2 Å². The third kappa shape index (κ3) is 4.54. The average Bonchev–Trinajstić information content (AvgIpc) is 3.51. The Morgan fingerprint density at radius 3 is 2.72 bits per heavy atom. The topological polar surface area (TPSA) is 47.1 Å². The van der Waals surface area contributed by atoms with E-state index in [0.717, 1.165) is 59.7 Å². The van der Waals surface area contributed by atoms with Crippen LogP contribution in [-0.4, -0.2) is 23.2 Å². The molecule has 2 aliphatic carbocycles. The molecule has 0 fully saturated rings. The van der Waals surface area contributed by atoms with E-state index in [1.54, 1.807) is 0 Å². The van der Waals surface area contributed by atoms with Gasteiger partial charge in [0.15, 0.2) is 11.5 Å². The Bertz CT molecular complexity index is 2280. The number of aromatic amines is 1. The summed E-state index contributed by atoms with van der Waals surface area (Å²) in [7, 11) is 0. The first-order valence-corrected chi connectivity index (χ1v) is 16.6. The lowest BCUT2D eigenvalue weighted by Gasteiger charge is -2.30. The number of pyridine rings is 1. The second kappa shape index (κ2) is 11.2. The molecule has 0 saturated carbocycles. The summed E-state index contributed by atoms with van der Waals surface area (Å²) in [5.74, 6) is 1.97. The lowest BCUT2D eigenvalue weighted by molar-refractivity contribution is 0.171. The fourth-order valence-electron chi connectivity index (χ4n) is 7.95. The number of halogens is 1. The SMILES string of the molecule is Clc1ccc2c(CCc3ncccc3C3CCC(c4cccc5c4OCCO5)=c4c3ccc3c4=CCc4ccccc4-3)c[nH]c2c1. The highest BCUT2D eigenvalue weighted by atomic mass is 35.5. The van der Waals surface area contributed by atoms with Gasteiger partial charge in [-0.1, -0.05) is 78.3 Å². The summed E-state index contributed by atoms with van der Waals surface area (Å²) in [6.45, 7) is 1.15. The van der Waals surface area contributed by atoms with Crippen LogP contribution >= 0.6 is 11.6 Å². The standard InChI is InChI=1S/C41H33ClN2O2/c42-27-12-14-29-26(24-44-38(29)23-27)11-19-37-32(8-4-20-43-37)31-16-18-35(36-7-3-9-39-41(36)46-22-21-45-39)40-33-13-10-25-5-1-2-6-28(25)30(33)15-17-34(31)40/h1-9,12-15,17,20,23-24,31,44H,10-11,16,18-19,21-22H2. The highest BCUT2D eigenvalue weighted by Crippen LogP contribution is 2.42. The minimum absolute atomic E-state index is 0.247. The van der Waals surface area contributed by atoms with Gasteiger partial charge in [0.2, 0.25) is 0 Å². The van der Waals surface area contributed by atoms with E-state index >= 15 is 0 Å². The van der Waals surface area contributed by atoms with E-state index in [2.05, 4.69) is 84.0 Å². The first kappa shape index (κ1) is 27.5. The van der Waals surface area contributed by atoms with E-state index in [1.165, 1.54) is 60.5 Å². The van der Waals surface area contributed by atoms with Crippen molar-refractivity contribution in [2.45, 2.75) is 38.0 Å². The number of ether oxygens (including phenoxy) is 2. The monoisotopic (exact) mass is 620 g/mol. The van der Waals surface area contributed by atoms with Crippen molar-refractivity contribution < 1.29 is 9.47 Å². The quantitative estimate of drug-likeness (QED) is 0.213. The van der Waals surface area contributed by atoms with Gasteiger partial charge in [0.1, 0.15) is 13.2 Å². The Labute approximate surface area is 273 Å². The fourth-order valence-corrected chi connectivity index (χ4v) is 8.12. The number of para-hydroxylation sites is 1. The van der Waals surface area contributed by atoms with E-state index in [1.807, 2.05) is 24.4 Å². The normalized spacial score (nSPS) is 16.4. The van der Waals surface area contributed by atoms with Crippen molar-refractivity contribution in [3.8, 4) is 22.6 Å². The van der Waals surface area contributed by atoms with Gasteiger partial charge in [-0.25, -0.2) is 0 Å². The summed E-state index contributed by atoms with van der Waals surface area (Å²) < 4.78 is 12.3. The first-order valence-electron chi connectivity index (χ1n) is 16.3. The molecule has 5 heteroatoms. The van der Waals surface area contributed by atoms with Gasteiger partial charge >= 0.3 is 0 Å². The second-order valence-electron chi connectivity index (χ2n) is 12.5. The highest BCUT2D eigenvalue weighted by molar-refractivity contribution is 6.31. The maximum absolute atomic E-state index is 6.28. The number of nitrogens with one attached hydrogen (secondary N) is 1. The van der Waals surface area contributed by atoms with Crippen LogP contribution in [0.5, 0.6) is 11.5 Å². The third-order valence-electron chi connectivity index (χ3n) is 10.0. The summed E-state index contributed by atoms with van der Waals surface area (Å²) in [5, 5.41) is 4.67. The zero-order valence-electron chi connectivity index (χ0n) is 25.5. The van der Waals surface area contributed by atoms with Gasteiger partial charge in [-0.3, -0.25) is 4.98 Å². The van der Waals surface area contributed by atoms with Crippen molar-refractivity contribution in [1.82, 2.24) is 9.97 Å². The van der Waals surface area contributed by atoms with Crippen LogP contribution in [0.2, 0.25) is 5.02 Å². The maximum Gasteiger partial charge on any atom is 0.168 e. The van der Waals surface area contributed by atoms with Crippen molar-refractivity contribution in [2.24, 2.45) is 0 Å². The molecule has 9 rings (SSSR count). The van der Waals surface area contributed by atoms with Crippen LogP contribution < -0.4 is 19.9 Å². The molecular weight excluding hydrogens is 588 g/mol. The van der Waals surface area contributed by atoms with E-state index in [9.17, 15) is 0 Å². The molecule has 226 valence electrons. The minimum Gasteiger partial charge on any atom is -0.486 e. The van der Waals surface area contributed by atoms with Crippen LogP contribution in [0.25, 0.3) is 33.7 Å². The Morgan fingerprint density at radius 2 is 1.74 bits per heavy atom. The van der Waals surface area contributed by atoms with Crippen LogP contribution in [0.3, 0.4) is 0 Å². The number of nitrogens with zero attached hydrogens (tertiary/aromatic N) is 1. The molecule has 1 atom stereocenters. The van der Waals surface area contributed by atoms with Crippen molar-refractivity contribution >= 4 is 34.2 Å². The molecule has 0 saturated heterocycles. The molecule has 46 heavy (non-hydrogen) atoms. The van der Waals surface area contributed by atoms with Gasteiger partial charge in [0, 0.05) is 45.5 Å². The Morgan fingerprint density at radius 1 is 0.826 bits per heavy atom. The number of fused-ring (bicyclic) bond motifs is 7. The molecule has 3 heterocycles. The summed E-state index contributed by atoms with van der Waals surface area (Å²) >= 11 is 6.26. The molecular formula is C41H33ClN2O2. The summed E-state index contributed by atoms with van der Waals surface area (Å²) in [5.41, 5.74) is 12.8. The molecule has 4 nitrogen and oxygen atoms in total. The van der Waals surface area contributed by atoms with Crippen molar-refractivity contribution in [2.75, 3.05) is 13.2 Å². The molecule has 1 aliphatic heterocycles. The molecule has 0 amide bonds. The van der Waals surface area contributed by atoms with Crippen molar-refractivity contribution in [1.29, 1.82) is 0 Å². The summed E-state index contributed by atoms with van der Waals surface area (Å²) in [6.07, 6.45) is 11.2. The van der Waals surface area contributed by atoms with Gasteiger partial charge in [-0.2, -0.15) is 0 Å². The van der Waals surface area contributed by atoms with Gasteiger partial charge in [-0.15, -0.1) is 0 Å². The predicted molar refractivity (Wildman–Crippen MR) is 185 cm³/mol. The number of aryl methyl sites for hydroxylation is 2. The fraction of sp³-hybridized carbons (Fsp3) is 0.195. The van der Waals surface area contributed by atoms with Crippen molar-refractivity contribution in [3.05, 3.63) is 146 Å². The van der Waals surface area contributed by atoms with E-state index < -0.39 is 0 Å². The Balaban J connectivity index is 1.20. The first-order chi connectivity index (χ1) is 22.7. The van der Waals surface area contributed by atoms with Gasteiger partial charge in [0.05, 0.1) is 0 Å². The Kier molecular flexibility index (Phi) is 6.71. The summed E-state index contributed by atoms with van der Waals surface area (Å²) in [6, 6.07) is 30.4. The van der Waals surface area contributed by atoms with Gasteiger partial charge in [0.25, 0.3) is 0 Å². The van der Waals surface area contributed by atoms with Gasteiger partial charge in [-0.05, 0) is 106 Å². The highest BCUT2D eigenvalue weighted by Gasteiger charge is 2.29. The smallest absolute Gasteiger partial charge is 0.168 e. The van der Waals surface area contributed by atoms with Crippen LogP contribution in [0.15, 0.2) is 97.3 Å². The molecule has 6 aromatic rings. The average molecular weight is 621 g/mol. The zero-order valence-corrected chi connectivity index (χ0v) is 26.2. The minimum atomic E-state index is 0.247. The largest absolute Gasteiger partial charge is 0.486 e. The molecule has 1 unspecified atom stereocenters. The lowest BCUT2D eigenvalue weighted by atomic mass is 9.75. The number of rotatable bonds is 5. The predicted octanol–water partition coefficient (Wildman–Crippen LogP) is 7.90. The van der Waals surface area contributed by atoms with Crippen LogP contribution in [0.1, 0.15) is 52.3 Å². The second-order valence-corrected chi connectivity index (χ2v) is 12.9. The molecule has 0 bridgehead atoms. The van der Waals surface area contributed by atoms with Crippen LogP contribution in [-0.2, 0) is 19.3 Å². The molecule has 4 aromatic carbocycles. The van der Waals surface area contributed by atoms with Crippen LogP contribution in [0, 0.1) is 0 Å². The number of hydrogen-bond acceptors (Lipinski definition) is 3. The molecule has 3 aliphatic rings. The number of benzene rings is 4. The zero-order chi connectivity index (χ0) is 30.6. The molecule has 0 radical (unpaired) electrons.